The Morgan fingerprint density at radius 1 is 0.828 bits per heavy atom. The van der Waals surface area contributed by atoms with E-state index in [0.29, 0.717) is 11.3 Å². The number of Topliss-reactive ketones (excluding diaryl/α,β-unsaturated/α-hetero) is 1. The van der Waals surface area contributed by atoms with Crippen LogP contribution in [0.4, 0.5) is 5.69 Å². The molecule has 4 rings (SSSR count). The van der Waals surface area contributed by atoms with Crippen LogP contribution in [0.1, 0.15) is 28.3 Å². The van der Waals surface area contributed by atoms with Crippen molar-refractivity contribution in [2.75, 3.05) is 4.90 Å². The van der Waals surface area contributed by atoms with Gasteiger partial charge < -0.3 is 5.11 Å². The van der Waals surface area contributed by atoms with E-state index in [9.17, 15) is 14.7 Å². The van der Waals surface area contributed by atoms with Crippen molar-refractivity contribution in [3.05, 3.63) is 107 Å². The van der Waals surface area contributed by atoms with Gasteiger partial charge in [-0.3, -0.25) is 14.5 Å². The number of anilines is 1. The zero-order chi connectivity index (χ0) is 20.5. The standard InChI is InChI=1S/C25H21NO3/c1-16-11-13-18(14-12-16)22-21(23(27)19-8-4-3-5-9-19)24(28)25(29)26(22)20-10-6-7-17(2)15-20/h3-15,22,27H,1-2H3/t22-/m0/s1. The number of rotatable bonds is 3. The lowest BCUT2D eigenvalue weighted by Gasteiger charge is -2.25. The molecule has 29 heavy (non-hydrogen) atoms. The molecule has 1 saturated heterocycles. The molecule has 1 heterocycles. The van der Waals surface area contributed by atoms with Crippen LogP contribution in [0.15, 0.2) is 84.4 Å². The van der Waals surface area contributed by atoms with Crippen molar-refractivity contribution in [2.45, 2.75) is 19.9 Å². The Labute approximate surface area is 169 Å². The average molecular weight is 383 g/mol. The van der Waals surface area contributed by atoms with Crippen LogP contribution in [0.2, 0.25) is 0 Å². The van der Waals surface area contributed by atoms with E-state index in [4.69, 9.17) is 0 Å². The van der Waals surface area contributed by atoms with Crippen molar-refractivity contribution < 1.29 is 14.7 Å². The summed E-state index contributed by atoms with van der Waals surface area (Å²) in [7, 11) is 0. The topological polar surface area (TPSA) is 57.6 Å². The number of ketones is 1. The first kappa shape index (κ1) is 18.7. The molecule has 1 fully saturated rings. The number of aliphatic hydroxyl groups is 1. The molecule has 3 aromatic rings. The summed E-state index contributed by atoms with van der Waals surface area (Å²) in [5.74, 6) is -1.48. The van der Waals surface area contributed by atoms with Gasteiger partial charge >= 0.3 is 0 Å². The van der Waals surface area contributed by atoms with Gasteiger partial charge in [0.05, 0.1) is 11.6 Å². The molecule has 144 valence electrons. The molecule has 1 atom stereocenters. The Hall–Kier alpha value is -3.66. The predicted octanol–water partition coefficient (Wildman–Crippen LogP) is 4.93. The van der Waals surface area contributed by atoms with Crippen molar-refractivity contribution in [1.29, 1.82) is 0 Å². The van der Waals surface area contributed by atoms with Gasteiger partial charge in [0.2, 0.25) is 0 Å². The second kappa shape index (κ2) is 7.40. The van der Waals surface area contributed by atoms with Crippen molar-refractivity contribution in [3.63, 3.8) is 0 Å². The van der Waals surface area contributed by atoms with Gasteiger partial charge in [0.25, 0.3) is 11.7 Å². The van der Waals surface area contributed by atoms with E-state index in [1.165, 1.54) is 4.90 Å². The van der Waals surface area contributed by atoms with E-state index in [1.54, 1.807) is 24.3 Å². The quantitative estimate of drug-likeness (QED) is 0.396. The molecule has 0 aromatic heterocycles. The highest BCUT2D eigenvalue weighted by molar-refractivity contribution is 6.51. The summed E-state index contributed by atoms with van der Waals surface area (Å²) >= 11 is 0. The van der Waals surface area contributed by atoms with Gasteiger partial charge in [-0.15, -0.1) is 0 Å². The molecule has 1 N–H and O–H groups in total. The van der Waals surface area contributed by atoms with Crippen LogP contribution in [-0.2, 0) is 9.59 Å². The number of aryl methyl sites for hydroxylation is 2. The third kappa shape index (κ3) is 3.34. The van der Waals surface area contributed by atoms with Crippen LogP contribution in [0, 0.1) is 13.8 Å². The molecule has 3 aromatic carbocycles. The maximum atomic E-state index is 13.0. The van der Waals surface area contributed by atoms with Crippen molar-refractivity contribution >= 4 is 23.1 Å². The zero-order valence-corrected chi connectivity index (χ0v) is 16.3. The van der Waals surface area contributed by atoms with Gasteiger partial charge in [0, 0.05) is 11.3 Å². The lowest BCUT2D eigenvalue weighted by atomic mass is 9.94. The molecule has 1 amide bonds. The number of carbonyl (C=O) groups excluding carboxylic acids is 2. The lowest BCUT2D eigenvalue weighted by molar-refractivity contribution is -0.132. The van der Waals surface area contributed by atoms with E-state index in [-0.39, 0.29) is 11.3 Å². The normalized spacial score (nSPS) is 18.3. The van der Waals surface area contributed by atoms with E-state index in [2.05, 4.69) is 0 Å². The zero-order valence-electron chi connectivity index (χ0n) is 16.3. The monoisotopic (exact) mass is 383 g/mol. The summed E-state index contributed by atoms with van der Waals surface area (Å²) in [6.45, 7) is 3.91. The van der Waals surface area contributed by atoms with E-state index < -0.39 is 17.7 Å². The first-order valence-corrected chi connectivity index (χ1v) is 9.47. The third-order valence-electron chi connectivity index (χ3n) is 5.16. The van der Waals surface area contributed by atoms with Gasteiger partial charge in [-0.25, -0.2) is 0 Å². The smallest absolute Gasteiger partial charge is 0.300 e. The van der Waals surface area contributed by atoms with E-state index in [1.807, 2.05) is 68.4 Å². The Balaban J connectivity index is 1.96. The fourth-order valence-corrected chi connectivity index (χ4v) is 3.69. The number of benzene rings is 3. The Morgan fingerprint density at radius 2 is 1.52 bits per heavy atom. The van der Waals surface area contributed by atoms with E-state index in [0.717, 1.165) is 16.7 Å². The number of hydrogen-bond acceptors (Lipinski definition) is 3. The summed E-state index contributed by atoms with van der Waals surface area (Å²) < 4.78 is 0. The fraction of sp³-hybridized carbons (Fsp3) is 0.120. The van der Waals surface area contributed by atoms with Crippen LogP contribution in [-0.4, -0.2) is 16.8 Å². The number of carbonyl (C=O) groups is 2. The van der Waals surface area contributed by atoms with Crippen molar-refractivity contribution in [3.8, 4) is 0 Å². The maximum absolute atomic E-state index is 13.0. The largest absolute Gasteiger partial charge is 0.507 e. The molecular formula is C25H21NO3. The number of hydrogen-bond donors (Lipinski definition) is 1. The van der Waals surface area contributed by atoms with Gasteiger partial charge in [-0.2, -0.15) is 0 Å². The van der Waals surface area contributed by atoms with Crippen molar-refractivity contribution in [2.24, 2.45) is 0 Å². The minimum Gasteiger partial charge on any atom is -0.507 e. The Kier molecular flexibility index (Phi) is 4.77. The minimum absolute atomic E-state index is 0.103. The van der Waals surface area contributed by atoms with Crippen LogP contribution >= 0.6 is 0 Å². The second-order valence-corrected chi connectivity index (χ2v) is 7.28. The first-order valence-electron chi connectivity index (χ1n) is 9.47. The molecule has 1 aliphatic heterocycles. The first-order chi connectivity index (χ1) is 14.0. The van der Waals surface area contributed by atoms with Crippen LogP contribution in [0.3, 0.4) is 0 Å². The highest BCUT2D eigenvalue weighted by Crippen LogP contribution is 2.42. The van der Waals surface area contributed by atoms with Gasteiger partial charge in [0.1, 0.15) is 5.76 Å². The summed E-state index contributed by atoms with van der Waals surface area (Å²) in [6, 6.07) is 23.3. The molecule has 4 nitrogen and oxygen atoms in total. The van der Waals surface area contributed by atoms with Crippen LogP contribution in [0.5, 0.6) is 0 Å². The molecule has 0 radical (unpaired) electrons. The molecule has 0 unspecified atom stereocenters. The molecule has 1 aliphatic rings. The van der Waals surface area contributed by atoms with Gasteiger partial charge in [-0.05, 0) is 37.1 Å². The van der Waals surface area contributed by atoms with E-state index >= 15 is 0 Å². The fourth-order valence-electron chi connectivity index (χ4n) is 3.69. The molecular weight excluding hydrogens is 362 g/mol. The summed E-state index contributed by atoms with van der Waals surface area (Å²) in [5.41, 5.74) is 4.07. The maximum Gasteiger partial charge on any atom is 0.300 e. The molecule has 4 heteroatoms. The molecule has 0 aliphatic carbocycles. The van der Waals surface area contributed by atoms with Gasteiger partial charge in [-0.1, -0.05) is 72.3 Å². The summed E-state index contributed by atoms with van der Waals surface area (Å²) in [6.07, 6.45) is 0. The molecule has 0 bridgehead atoms. The number of aliphatic hydroxyl groups excluding tert-OH is 1. The molecule has 0 saturated carbocycles. The third-order valence-corrected chi connectivity index (χ3v) is 5.16. The van der Waals surface area contributed by atoms with Crippen molar-refractivity contribution in [1.82, 2.24) is 0 Å². The molecule has 0 spiro atoms. The number of amides is 1. The Bertz CT molecular complexity index is 1110. The van der Waals surface area contributed by atoms with Crippen LogP contribution in [0.25, 0.3) is 5.76 Å². The summed E-state index contributed by atoms with van der Waals surface area (Å²) in [5, 5.41) is 11.0. The minimum atomic E-state index is -0.697. The van der Waals surface area contributed by atoms with Gasteiger partial charge in [0.15, 0.2) is 0 Å². The Morgan fingerprint density at radius 3 is 2.17 bits per heavy atom. The number of nitrogens with zero attached hydrogens (tertiary/aromatic N) is 1. The lowest BCUT2D eigenvalue weighted by Crippen LogP contribution is -2.29. The predicted molar refractivity (Wildman–Crippen MR) is 114 cm³/mol. The highest BCUT2D eigenvalue weighted by Gasteiger charge is 2.46. The highest BCUT2D eigenvalue weighted by atomic mass is 16.3. The average Bonchev–Trinajstić information content (AvgIpc) is 2.99. The summed E-state index contributed by atoms with van der Waals surface area (Å²) in [4.78, 5) is 27.6. The van der Waals surface area contributed by atoms with Crippen LogP contribution < -0.4 is 4.90 Å². The second-order valence-electron chi connectivity index (χ2n) is 7.28. The SMILES string of the molecule is Cc1ccc([C@H]2C(=C(O)c3ccccc3)C(=O)C(=O)N2c2cccc(C)c2)cc1.